The molecule has 32 heavy (non-hydrogen) atoms. The van der Waals surface area contributed by atoms with Gasteiger partial charge in [-0.15, -0.1) is 0 Å². The summed E-state index contributed by atoms with van der Waals surface area (Å²) in [5.74, 6) is 0.108. The van der Waals surface area contributed by atoms with Crippen molar-refractivity contribution in [2.45, 2.75) is 45.2 Å². The summed E-state index contributed by atoms with van der Waals surface area (Å²) in [7, 11) is 0. The van der Waals surface area contributed by atoms with Crippen LogP contribution in [-0.4, -0.2) is 28.1 Å². The molecule has 1 aliphatic rings. The molecule has 0 radical (unpaired) electrons. The van der Waals surface area contributed by atoms with Gasteiger partial charge in [0.25, 0.3) is 11.8 Å². The summed E-state index contributed by atoms with van der Waals surface area (Å²) < 4.78 is 1.96. The molecule has 7 heteroatoms. The highest BCUT2D eigenvalue weighted by Crippen LogP contribution is 2.36. The van der Waals surface area contributed by atoms with E-state index in [0.717, 1.165) is 24.0 Å². The second-order valence-corrected chi connectivity index (χ2v) is 8.10. The molecule has 1 saturated carbocycles. The average Bonchev–Trinajstić information content (AvgIpc) is 3.47. The lowest BCUT2D eigenvalue weighted by Crippen LogP contribution is -2.22. The highest BCUT2D eigenvalue weighted by molar-refractivity contribution is 6.03. The lowest BCUT2D eigenvalue weighted by molar-refractivity contribution is 0.0949. The Bertz CT molecular complexity index is 1080. The SMILES string of the molecule is CCNc1c(C(N)=O)c(-c2ccc(CNC(=O)c3ccccc3)cc2)nn1C1CCCC1. The van der Waals surface area contributed by atoms with Crippen LogP contribution >= 0.6 is 0 Å². The number of aromatic nitrogens is 2. The second-order valence-electron chi connectivity index (χ2n) is 8.10. The molecule has 0 saturated heterocycles. The Morgan fingerprint density at radius 1 is 1.06 bits per heavy atom. The molecule has 1 fully saturated rings. The number of hydrogen-bond donors (Lipinski definition) is 3. The lowest BCUT2D eigenvalue weighted by atomic mass is 10.0. The third-order valence-corrected chi connectivity index (χ3v) is 5.89. The van der Waals surface area contributed by atoms with Gasteiger partial charge in [-0.3, -0.25) is 9.59 Å². The number of anilines is 1. The van der Waals surface area contributed by atoms with Crippen molar-refractivity contribution in [3.63, 3.8) is 0 Å². The van der Waals surface area contributed by atoms with Crippen LogP contribution in [0.1, 0.15) is 64.9 Å². The van der Waals surface area contributed by atoms with Gasteiger partial charge in [0.05, 0.1) is 6.04 Å². The lowest BCUT2D eigenvalue weighted by Gasteiger charge is -2.15. The molecular weight excluding hydrogens is 402 g/mol. The fourth-order valence-electron chi connectivity index (χ4n) is 4.27. The Balaban J connectivity index is 1.57. The van der Waals surface area contributed by atoms with Crippen molar-refractivity contribution in [1.29, 1.82) is 0 Å². The number of nitrogens with zero attached hydrogens (tertiary/aromatic N) is 2. The van der Waals surface area contributed by atoms with Gasteiger partial charge in [0.15, 0.2) is 0 Å². The van der Waals surface area contributed by atoms with Gasteiger partial charge in [0, 0.05) is 24.2 Å². The fraction of sp³-hybridized carbons (Fsp3) is 0.320. The van der Waals surface area contributed by atoms with Crippen LogP contribution in [0.15, 0.2) is 54.6 Å². The summed E-state index contributed by atoms with van der Waals surface area (Å²) in [6, 6.07) is 17.1. The number of nitrogens with two attached hydrogens (primary N) is 1. The highest BCUT2D eigenvalue weighted by atomic mass is 16.2. The zero-order valence-corrected chi connectivity index (χ0v) is 18.3. The molecule has 2 amide bonds. The van der Waals surface area contributed by atoms with Gasteiger partial charge in [-0.05, 0) is 37.5 Å². The van der Waals surface area contributed by atoms with Crippen molar-refractivity contribution < 1.29 is 9.59 Å². The van der Waals surface area contributed by atoms with Gasteiger partial charge in [0.1, 0.15) is 17.1 Å². The average molecular weight is 432 g/mol. The van der Waals surface area contributed by atoms with E-state index in [2.05, 4.69) is 10.6 Å². The summed E-state index contributed by atoms with van der Waals surface area (Å²) >= 11 is 0. The first kappa shape index (κ1) is 21.6. The van der Waals surface area contributed by atoms with Crippen LogP contribution in [-0.2, 0) is 6.54 Å². The molecule has 4 N–H and O–H groups in total. The van der Waals surface area contributed by atoms with E-state index in [-0.39, 0.29) is 11.9 Å². The predicted octanol–water partition coefficient (Wildman–Crippen LogP) is 4.13. The number of hydrogen-bond acceptors (Lipinski definition) is 4. The first-order chi connectivity index (χ1) is 15.6. The van der Waals surface area contributed by atoms with E-state index in [9.17, 15) is 9.59 Å². The molecule has 1 heterocycles. The molecule has 7 nitrogen and oxygen atoms in total. The van der Waals surface area contributed by atoms with Crippen LogP contribution in [0.4, 0.5) is 5.82 Å². The van der Waals surface area contributed by atoms with E-state index < -0.39 is 5.91 Å². The minimum atomic E-state index is -0.487. The predicted molar refractivity (Wildman–Crippen MR) is 125 cm³/mol. The smallest absolute Gasteiger partial charge is 0.254 e. The van der Waals surface area contributed by atoms with Crippen LogP contribution in [0, 0.1) is 0 Å². The largest absolute Gasteiger partial charge is 0.370 e. The van der Waals surface area contributed by atoms with Crippen molar-refractivity contribution in [2.24, 2.45) is 5.73 Å². The maximum Gasteiger partial charge on any atom is 0.254 e. The zero-order chi connectivity index (χ0) is 22.5. The van der Waals surface area contributed by atoms with Crippen molar-refractivity contribution in [1.82, 2.24) is 15.1 Å². The van der Waals surface area contributed by atoms with Crippen LogP contribution in [0.2, 0.25) is 0 Å². The summed E-state index contributed by atoms with van der Waals surface area (Å²) in [5.41, 5.74) is 9.23. The number of carbonyl (C=O) groups excluding carboxylic acids is 2. The quantitative estimate of drug-likeness (QED) is 0.499. The molecule has 0 atom stereocenters. The van der Waals surface area contributed by atoms with Gasteiger partial charge in [-0.2, -0.15) is 5.10 Å². The minimum absolute atomic E-state index is 0.115. The van der Waals surface area contributed by atoms with Crippen LogP contribution < -0.4 is 16.4 Å². The molecule has 0 bridgehead atoms. The fourth-order valence-corrected chi connectivity index (χ4v) is 4.27. The van der Waals surface area contributed by atoms with Crippen LogP contribution in [0.25, 0.3) is 11.3 Å². The van der Waals surface area contributed by atoms with E-state index in [0.29, 0.717) is 35.7 Å². The third-order valence-electron chi connectivity index (χ3n) is 5.89. The number of rotatable bonds is 8. The molecule has 2 aromatic carbocycles. The summed E-state index contributed by atoms with van der Waals surface area (Å²) in [6.45, 7) is 3.09. The van der Waals surface area contributed by atoms with Crippen molar-refractivity contribution in [2.75, 3.05) is 11.9 Å². The third kappa shape index (κ3) is 4.51. The Hall–Kier alpha value is -3.61. The number of amides is 2. The Labute approximate surface area is 188 Å². The van der Waals surface area contributed by atoms with Gasteiger partial charge in [-0.25, -0.2) is 4.68 Å². The molecule has 4 rings (SSSR count). The van der Waals surface area contributed by atoms with Gasteiger partial charge in [-0.1, -0.05) is 55.3 Å². The second kappa shape index (κ2) is 9.68. The molecule has 1 aliphatic carbocycles. The molecule has 0 aliphatic heterocycles. The van der Waals surface area contributed by atoms with Crippen LogP contribution in [0.5, 0.6) is 0 Å². The number of carbonyl (C=O) groups is 2. The summed E-state index contributed by atoms with van der Waals surface area (Å²) in [6.07, 6.45) is 4.44. The summed E-state index contributed by atoms with van der Waals surface area (Å²) in [4.78, 5) is 24.7. The van der Waals surface area contributed by atoms with Gasteiger partial charge in [0.2, 0.25) is 0 Å². The van der Waals surface area contributed by atoms with Gasteiger partial charge >= 0.3 is 0 Å². The molecular formula is C25H29N5O2. The summed E-state index contributed by atoms with van der Waals surface area (Å²) in [5, 5.41) is 11.1. The van der Waals surface area contributed by atoms with Crippen molar-refractivity contribution >= 4 is 17.6 Å². The number of nitrogens with one attached hydrogen (secondary N) is 2. The van der Waals surface area contributed by atoms with E-state index >= 15 is 0 Å². The van der Waals surface area contributed by atoms with Crippen molar-refractivity contribution in [3.05, 3.63) is 71.3 Å². The molecule has 0 spiro atoms. The van der Waals surface area contributed by atoms with E-state index in [1.807, 2.05) is 54.1 Å². The monoisotopic (exact) mass is 431 g/mol. The Kier molecular flexibility index (Phi) is 6.54. The standard InChI is InChI=1S/C25H29N5O2/c1-2-27-24-21(23(26)31)22(29-30(24)20-10-6-7-11-20)18-14-12-17(13-15-18)16-28-25(32)19-8-4-3-5-9-19/h3-5,8-9,12-15,20,27H,2,6-7,10-11,16H2,1H3,(H2,26,31)(H,28,32). The van der Waals surface area contributed by atoms with E-state index in [4.69, 9.17) is 10.8 Å². The first-order valence-corrected chi connectivity index (χ1v) is 11.2. The van der Waals surface area contributed by atoms with E-state index in [1.165, 1.54) is 12.8 Å². The first-order valence-electron chi connectivity index (χ1n) is 11.2. The number of benzene rings is 2. The Morgan fingerprint density at radius 3 is 2.38 bits per heavy atom. The maximum absolute atomic E-state index is 12.4. The van der Waals surface area contributed by atoms with Crippen LogP contribution in [0.3, 0.4) is 0 Å². The minimum Gasteiger partial charge on any atom is -0.370 e. The van der Waals surface area contributed by atoms with E-state index in [1.54, 1.807) is 12.1 Å². The van der Waals surface area contributed by atoms with Crippen molar-refractivity contribution in [3.8, 4) is 11.3 Å². The zero-order valence-electron chi connectivity index (χ0n) is 18.3. The topological polar surface area (TPSA) is 102 Å². The van der Waals surface area contributed by atoms with Gasteiger partial charge < -0.3 is 16.4 Å². The molecule has 0 unspecified atom stereocenters. The normalized spacial score (nSPS) is 13.8. The highest BCUT2D eigenvalue weighted by Gasteiger charge is 2.28. The number of primary amides is 1. The Morgan fingerprint density at radius 2 is 1.75 bits per heavy atom. The molecule has 166 valence electrons. The molecule has 3 aromatic rings. The maximum atomic E-state index is 12.4. The molecule has 1 aromatic heterocycles.